The minimum atomic E-state index is -0.148. The van der Waals surface area contributed by atoms with Gasteiger partial charge in [0.05, 0.1) is 35.9 Å². The molecule has 24 heavy (non-hydrogen) atoms. The molecular weight excluding hydrogens is 320 g/mol. The number of para-hydroxylation sites is 1. The number of amides is 1. The van der Waals surface area contributed by atoms with E-state index < -0.39 is 0 Å². The van der Waals surface area contributed by atoms with E-state index in [-0.39, 0.29) is 12.0 Å². The average Bonchev–Trinajstić information content (AvgIpc) is 3.03. The number of ether oxygens (including phenoxy) is 1. The maximum absolute atomic E-state index is 12.3. The zero-order valence-electron chi connectivity index (χ0n) is 13.2. The number of hydrogen-bond acceptors (Lipinski definition) is 4. The second-order valence-corrected chi connectivity index (χ2v) is 6.98. The van der Waals surface area contributed by atoms with Gasteiger partial charge in [-0.15, -0.1) is 11.3 Å². The second kappa shape index (κ2) is 6.71. The van der Waals surface area contributed by atoms with Crippen LogP contribution in [0.15, 0.2) is 48.5 Å². The third-order valence-electron chi connectivity index (χ3n) is 4.24. The predicted octanol–water partition coefficient (Wildman–Crippen LogP) is 3.62. The van der Waals surface area contributed by atoms with E-state index in [1.165, 1.54) is 5.56 Å². The van der Waals surface area contributed by atoms with E-state index in [2.05, 4.69) is 22.4 Å². The van der Waals surface area contributed by atoms with E-state index in [0.29, 0.717) is 19.6 Å². The fourth-order valence-electron chi connectivity index (χ4n) is 3.06. The van der Waals surface area contributed by atoms with Crippen LogP contribution >= 0.6 is 11.3 Å². The lowest BCUT2D eigenvalue weighted by Crippen LogP contribution is -2.27. The molecule has 1 aliphatic heterocycles. The van der Waals surface area contributed by atoms with Crippen molar-refractivity contribution < 1.29 is 9.53 Å². The van der Waals surface area contributed by atoms with Gasteiger partial charge in [-0.05, 0) is 29.7 Å². The lowest BCUT2D eigenvalue weighted by Gasteiger charge is -2.25. The van der Waals surface area contributed by atoms with Crippen LogP contribution in [0, 0.1) is 0 Å². The number of hydrogen-bond donors (Lipinski definition) is 1. The molecule has 0 fully saturated rings. The summed E-state index contributed by atoms with van der Waals surface area (Å²) in [5.74, 6) is -0.00374. The SMILES string of the molecule is O=C(C[C@@H]1OCCc2ccccc21)NCc1nc2ccccc2s1. The Morgan fingerprint density at radius 1 is 1.21 bits per heavy atom. The number of nitrogens with zero attached hydrogens (tertiary/aromatic N) is 1. The van der Waals surface area contributed by atoms with E-state index >= 15 is 0 Å². The summed E-state index contributed by atoms with van der Waals surface area (Å²) < 4.78 is 6.95. The highest BCUT2D eigenvalue weighted by Gasteiger charge is 2.23. The molecule has 2 aromatic carbocycles. The Labute approximate surface area is 144 Å². The van der Waals surface area contributed by atoms with E-state index in [0.717, 1.165) is 27.2 Å². The van der Waals surface area contributed by atoms with Crippen LogP contribution in [-0.2, 0) is 22.5 Å². The van der Waals surface area contributed by atoms with Crippen LogP contribution in [0.4, 0.5) is 0 Å². The van der Waals surface area contributed by atoms with Crippen LogP contribution < -0.4 is 5.32 Å². The predicted molar refractivity (Wildman–Crippen MR) is 94.9 cm³/mol. The topological polar surface area (TPSA) is 51.2 Å². The minimum absolute atomic E-state index is 0.00374. The first-order chi connectivity index (χ1) is 11.8. The van der Waals surface area contributed by atoms with Gasteiger partial charge in [0.25, 0.3) is 0 Å². The fraction of sp³-hybridized carbons (Fsp3) is 0.263. The zero-order chi connectivity index (χ0) is 16.4. The van der Waals surface area contributed by atoms with Gasteiger partial charge in [-0.25, -0.2) is 4.98 Å². The largest absolute Gasteiger partial charge is 0.373 e. The molecule has 3 aromatic rings. The highest BCUT2D eigenvalue weighted by Crippen LogP contribution is 2.29. The molecule has 0 saturated heterocycles. The first-order valence-electron chi connectivity index (χ1n) is 8.10. The third kappa shape index (κ3) is 3.18. The molecular formula is C19H18N2O2S. The van der Waals surface area contributed by atoms with Crippen LogP contribution in [0.2, 0.25) is 0 Å². The molecule has 1 amide bonds. The Balaban J connectivity index is 1.39. The summed E-state index contributed by atoms with van der Waals surface area (Å²) in [6, 6.07) is 16.2. The molecule has 0 aliphatic carbocycles. The number of thiazole rings is 1. The van der Waals surface area contributed by atoms with E-state index in [4.69, 9.17) is 4.74 Å². The maximum Gasteiger partial charge on any atom is 0.223 e. The monoisotopic (exact) mass is 338 g/mol. The molecule has 0 saturated carbocycles. The van der Waals surface area contributed by atoms with Crippen molar-refractivity contribution in [3.8, 4) is 0 Å². The van der Waals surface area contributed by atoms with Gasteiger partial charge in [0.1, 0.15) is 5.01 Å². The summed E-state index contributed by atoms with van der Waals surface area (Å²) in [4.78, 5) is 16.8. The second-order valence-electron chi connectivity index (χ2n) is 5.86. The molecule has 122 valence electrons. The van der Waals surface area contributed by atoms with Crippen LogP contribution in [0.3, 0.4) is 0 Å². The normalized spacial score (nSPS) is 16.8. The lowest BCUT2D eigenvalue weighted by molar-refractivity contribution is -0.124. The van der Waals surface area contributed by atoms with Crippen LogP contribution in [0.5, 0.6) is 0 Å². The fourth-order valence-corrected chi connectivity index (χ4v) is 3.96. The number of fused-ring (bicyclic) bond motifs is 2. The maximum atomic E-state index is 12.3. The zero-order valence-corrected chi connectivity index (χ0v) is 14.0. The van der Waals surface area contributed by atoms with Crippen molar-refractivity contribution in [3.63, 3.8) is 0 Å². The Hall–Kier alpha value is -2.24. The standard InChI is InChI=1S/C19H18N2O2S/c22-18(11-16-14-6-2-1-5-13(14)9-10-23-16)20-12-19-21-15-7-3-4-8-17(15)24-19/h1-8,16H,9-12H2,(H,20,22)/t16-/m0/s1. The van der Waals surface area contributed by atoms with Crippen LogP contribution in [0.25, 0.3) is 10.2 Å². The Morgan fingerprint density at radius 2 is 2.04 bits per heavy atom. The molecule has 0 unspecified atom stereocenters. The number of aromatic nitrogens is 1. The lowest BCUT2D eigenvalue weighted by atomic mass is 9.96. The number of benzene rings is 2. The minimum Gasteiger partial charge on any atom is -0.373 e. The molecule has 4 nitrogen and oxygen atoms in total. The number of carbonyl (C=O) groups excluding carboxylic acids is 1. The quantitative estimate of drug-likeness (QED) is 0.790. The molecule has 1 atom stereocenters. The van der Waals surface area contributed by atoms with Gasteiger partial charge in [-0.2, -0.15) is 0 Å². The molecule has 2 heterocycles. The Bertz CT molecular complexity index is 841. The van der Waals surface area contributed by atoms with Crippen LogP contribution in [0.1, 0.15) is 28.7 Å². The van der Waals surface area contributed by atoms with Gasteiger partial charge < -0.3 is 10.1 Å². The van der Waals surface area contributed by atoms with Crippen molar-refractivity contribution in [1.82, 2.24) is 10.3 Å². The highest BCUT2D eigenvalue weighted by molar-refractivity contribution is 7.18. The molecule has 0 bridgehead atoms. The summed E-state index contributed by atoms with van der Waals surface area (Å²) in [6.45, 7) is 1.14. The van der Waals surface area contributed by atoms with Crippen molar-refractivity contribution in [2.75, 3.05) is 6.61 Å². The van der Waals surface area contributed by atoms with E-state index in [1.54, 1.807) is 11.3 Å². The highest BCUT2D eigenvalue weighted by atomic mass is 32.1. The first-order valence-corrected chi connectivity index (χ1v) is 8.92. The van der Waals surface area contributed by atoms with Crippen molar-refractivity contribution in [3.05, 3.63) is 64.7 Å². The molecule has 0 radical (unpaired) electrons. The van der Waals surface area contributed by atoms with Gasteiger partial charge in [0.2, 0.25) is 5.91 Å². The summed E-state index contributed by atoms with van der Waals surface area (Å²) in [5.41, 5.74) is 3.41. The van der Waals surface area contributed by atoms with Gasteiger partial charge in [0.15, 0.2) is 0 Å². The van der Waals surface area contributed by atoms with Gasteiger partial charge >= 0.3 is 0 Å². The molecule has 1 aromatic heterocycles. The summed E-state index contributed by atoms with van der Waals surface area (Å²) >= 11 is 1.62. The summed E-state index contributed by atoms with van der Waals surface area (Å²) in [6.07, 6.45) is 1.12. The number of nitrogens with one attached hydrogen (secondary N) is 1. The van der Waals surface area contributed by atoms with Gasteiger partial charge in [0, 0.05) is 0 Å². The summed E-state index contributed by atoms with van der Waals surface area (Å²) in [7, 11) is 0. The smallest absolute Gasteiger partial charge is 0.223 e. The average molecular weight is 338 g/mol. The molecule has 1 aliphatic rings. The molecule has 4 rings (SSSR count). The van der Waals surface area contributed by atoms with Crippen molar-refractivity contribution in [2.24, 2.45) is 0 Å². The molecule has 5 heteroatoms. The van der Waals surface area contributed by atoms with Gasteiger partial charge in [-0.1, -0.05) is 36.4 Å². The van der Waals surface area contributed by atoms with Crippen LogP contribution in [-0.4, -0.2) is 17.5 Å². The third-order valence-corrected chi connectivity index (χ3v) is 5.27. The molecule has 0 spiro atoms. The number of rotatable bonds is 4. The Morgan fingerprint density at radius 3 is 2.96 bits per heavy atom. The number of carbonyl (C=O) groups is 1. The van der Waals surface area contributed by atoms with E-state index in [1.807, 2.05) is 36.4 Å². The van der Waals surface area contributed by atoms with Crippen molar-refractivity contribution in [1.29, 1.82) is 0 Å². The van der Waals surface area contributed by atoms with E-state index in [9.17, 15) is 4.79 Å². The van der Waals surface area contributed by atoms with Gasteiger partial charge in [-0.3, -0.25) is 4.79 Å². The Kier molecular flexibility index (Phi) is 4.28. The van der Waals surface area contributed by atoms with Crippen molar-refractivity contribution in [2.45, 2.75) is 25.5 Å². The first kappa shape index (κ1) is 15.3. The molecule has 1 N–H and O–H groups in total. The van der Waals surface area contributed by atoms with Crippen molar-refractivity contribution >= 4 is 27.5 Å². The summed E-state index contributed by atoms with van der Waals surface area (Å²) in [5, 5.41) is 3.89.